The summed E-state index contributed by atoms with van der Waals surface area (Å²) < 4.78 is 7.07. The van der Waals surface area contributed by atoms with Crippen LogP contribution in [0.4, 0.5) is 5.69 Å². The summed E-state index contributed by atoms with van der Waals surface area (Å²) in [7, 11) is 0. The molecule has 3 aliphatic carbocycles. The maximum Gasteiger partial charge on any atom is 0.0909 e. The zero-order valence-electron chi connectivity index (χ0n) is 32.0. The molecule has 1 saturated heterocycles. The maximum absolute atomic E-state index is 7.07. The van der Waals surface area contributed by atoms with Gasteiger partial charge in [0.05, 0.1) is 35.7 Å². The second kappa shape index (κ2) is 14.6. The molecular formula is C50H54N4O. The molecule has 280 valence electrons. The first-order valence-corrected chi connectivity index (χ1v) is 21.0. The number of ether oxygens (including phenoxy) is 1. The van der Waals surface area contributed by atoms with Gasteiger partial charge in [-0.3, -0.25) is 0 Å². The van der Waals surface area contributed by atoms with Gasteiger partial charge in [0.2, 0.25) is 0 Å². The van der Waals surface area contributed by atoms with E-state index >= 15 is 0 Å². The number of fused-ring (bicyclic) bond motifs is 8. The second-order valence-corrected chi connectivity index (χ2v) is 16.7. The Morgan fingerprint density at radius 3 is 2.60 bits per heavy atom. The van der Waals surface area contributed by atoms with Gasteiger partial charge < -0.3 is 26.0 Å². The molecule has 0 spiro atoms. The van der Waals surface area contributed by atoms with Crippen LogP contribution in [0, 0.1) is 11.8 Å². The third-order valence-corrected chi connectivity index (χ3v) is 13.5. The summed E-state index contributed by atoms with van der Waals surface area (Å²) in [5, 5.41) is 7.36. The fourth-order valence-electron chi connectivity index (χ4n) is 10.9. The first-order valence-electron chi connectivity index (χ1n) is 21.0. The SMILES string of the molecule is CCCC/C=C(\N)C1=CC(c2ccc(C3=CC4C(OC5C=CC=C(N6c7ccccc7C7CCCCC76)C54)c4ccccc43)cc2)CC(C2C=CC=CN2)N1. The van der Waals surface area contributed by atoms with Crippen molar-refractivity contribution in [1.82, 2.24) is 10.6 Å². The first kappa shape index (κ1) is 34.5. The van der Waals surface area contributed by atoms with Crippen LogP contribution >= 0.6 is 0 Å². The Balaban J connectivity index is 0.984. The van der Waals surface area contributed by atoms with Gasteiger partial charge in [-0.2, -0.15) is 0 Å². The van der Waals surface area contributed by atoms with E-state index in [0.717, 1.165) is 37.1 Å². The Hall–Kier alpha value is -5.00. The molecule has 55 heavy (non-hydrogen) atoms. The summed E-state index contributed by atoms with van der Waals surface area (Å²) in [6.45, 7) is 2.23. The predicted molar refractivity (Wildman–Crippen MR) is 225 cm³/mol. The molecule has 4 aliphatic heterocycles. The van der Waals surface area contributed by atoms with Crippen LogP contribution in [-0.4, -0.2) is 24.2 Å². The fourth-order valence-corrected chi connectivity index (χ4v) is 10.9. The minimum atomic E-state index is 0.0312. The van der Waals surface area contributed by atoms with Gasteiger partial charge in [0.1, 0.15) is 0 Å². The Kier molecular flexibility index (Phi) is 9.14. The van der Waals surface area contributed by atoms with Crippen molar-refractivity contribution in [2.75, 3.05) is 4.90 Å². The molecule has 1 saturated carbocycles. The first-order chi connectivity index (χ1) is 27.2. The summed E-state index contributed by atoms with van der Waals surface area (Å²) in [5.41, 5.74) is 19.6. The van der Waals surface area contributed by atoms with Gasteiger partial charge in [-0.1, -0.05) is 135 Å². The third kappa shape index (κ3) is 6.12. The van der Waals surface area contributed by atoms with E-state index in [1.54, 1.807) is 5.56 Å². The molecule has 0 aromatic heterocycles. The number of anilines is 1. The zero-order valence-corrected chi connectivity index (χ0v) is 32.0. The van der Waals surface area contributed by atoms with Gasteiger partial charge in [0.25, 0.3) is 0 Å². The Morgan fingerprint density at radius 2 is 1.75 bits per heavy atom. The van der Waals surface area contributed by atoms with Gasteiger partial charge in [-0.05, 0) is 89.9 Å². The number of benzene rings is 3. The van der Waals surface area contributed by atoms with Crippen LogP contribution < -0.4 is 21.3 Å². The summed E-state index contributed by atoms with van der Waals surface area (Å²) in [4.78, 5) is 2.75. The monoisotopic (exact) mass is 726 g/mol. The van der Waals surface area contributed by atoms with Crippen molar-refractivity contribution < 1.29 is 4.74 Å². The molecule has 9 atom stereocenters. The van der Waals surface area contributed by atoms with Gasteiger partial charge in [-0.15, -0.1) is 0 Å². The van der Waals surface area contributed by atoms with Gasteiger partial charge in [0.15, 0.2) is 0 Å². The lowest BCUT2D eigenvalue weighted by Gasteiger charge is -2.40. The van der Waals surface area contributed by atoms with Crippen LogP contribution in [0.25, 0.3) is 5.57 Å². The Morgan fingerprint density at radius 1 is 0.909 bits per heavy atom. The molecule has 0 amide bonds. The molecule has 10 rings (SSSR count). The number of dihydropyridines is 1. The van der Waals surface area contributed by atoms with Gasteiger partial charge in [0, 0.05) is 41.1 Å². The lowest BCUT2D eigenvalue weighted by atomic mass is 9.73. The molecule has 5 nitrogen and oxygen atoms in total. The molecule has 9 unspecified atom stereocenters. The van der Waals surface area contributed by atoms with E-state index in [9.17, 15) is 0 Å². The molecule has 0 radical (unpaired) electrons. The van der Waals surface area contributed by atoms with E-state index in [0.29, 0.717) is 12.0 Å². The second-order valence-electron chi connectivity index (χ2n) is 16.7. The smallest absolute Gasteiger partial charge is 0.0909 e. The molecule has 7 aliphatic rings. The minimum Gasteiger partial charge on any atom is -0.397 e. The number of unbranched alkanes of at least 4 members (excludes halogenated alkanes) is 2. The minimum absolute atomic E-state index is 0.0312. The normalized spacial score (nSPS) is 31.5. The molecule has 5 heteroatoms. The Bertz CT molecular complexity index is 2150. The van der Waals surface area contributed by atoms with Crippen molar-refractivity contribution in [2.24, 2.45) is 17.6 Å². The van der Waals surface area contributed by atoms with Crippen molar-refractivity contribution in [1.29, 1.82) is 0 Å². The van der Waals surface area contributed by atoms with Crippen LogP contribution in [0.2, 0.25) is 0 Å². The fraction of sp³-hybridized carbons (Fsp3) is 0.360. The lowest BCUT2D eigenvalue weighted by Crippen LogP contribution is -2.48. The summed E-state index contributed by atoms with van der Waals surface area (Å²) >= 11 is 0. The zero-order chi connectivity index (χ0) is 36.9. The molecule has 4 N–H and O–H groups in total. The van der Waals surface area contributed by atoms with Crippen molar-refractivity contribution in [3.8, 4) is 0 Å². The largest absolute Gasteiger partial charge is 0.397 e. The van der Waals surface area contributed by atoms with E-state index in [1.807, 2.05) is 6.20 Å². The highest BCUT2D eigenvalue weighted by Gasteiger charge is 2.52. The summed E-state index contributed by atoms with van der Waals surface area (Å²) in [6.07, 6.45) is 32.2. The average Bonchev–Trinajstić information content (AvgIpc) is 3.80. The van der Waals surface area contributed by atoms with Crippen LogP contribution in [0.3, 0.4) is 0 Å². The maximum atomic E-state index is 7.07. The molecule has 3 aromatic carbocycles. The highest BCUT2D eigenvalue weighted by Crippen LogP contribution is 2.57. The molecule has 3 aromatic rings. The van der Waals surface area contributed by atoms with E-state index in [2.05, 4.69) is 150 Å². The number of para-hydroxylation sites is 1. The summed E-state index contributed by atoms with van der Waals surface area (Å²) in [6, 6.07) is 28.6. The van der Waals surface area contributed by atoms with Crippen LogP contribution in [0.15, 0.2) is 151 Å². The Labute approximate surface area is 327 Å². The number of nitrogens with zero attached hydrogens (tertiary/aromatic N) is 1. The van der Waals surface area contributed by atoms with Crippen molar-refractivity contribution in [2.45, 2.75) is 100 Å². The number of hydrogen-bond acceptors (Lipinski definition) is 5. The van der Waals surface area contributed by atoms with Crippen LogP contribution in [-0.2, 0) is 4.74 Å². The highest BCUT2D eigenvalue weighted by molar-refractivity contribution is 5.84. The standard InChI is InChI=1S/C50H54N4O/c1-2-3-4-18-41(51)43-29-34(30-44(53-43)42-19-11-12-28-52-42)32-24-26-33(27-25-32)39-31-40-49-47(22-13-23-48(49)55-50(40)38-17-6-5-14-35(38)39)54-45-20-9-7-15-36(45)37-16-8-10-21-46(37)54/h5-7,9,11-15,17-20,22-29,31,34,37,40,42,44,46,48-50,52-53H,2-4,8,10,16,21,30,51H2,1H3/b41-18-. The van der Waals surface area contributed by atoms with Gasteiger partial charge in [-0.25, -0.2) is 0 Å². The lowest BCUT2D eigenvalue weighted by molar-refractivity contribution is 0.0577. The van der Waals surface area contributed by atoms with Crippen molar-refractivity contribution >= 4 is 11.3 Å². The van der Waals surface area contributed by atoms with E-state index in [4.69, 9.17) is 10.5 Å². The van der Waals surface area contributed by atoms with Gasteiger partial charge >= 0.3 is 0 Å². The van der Waals surface area contributed by atoms with Crippen LogP contribution in [0.5, 0.6) is 0 Å². The molecule has 2 fully saturated rings. The number of allylic oxidation sites excluding steroid dienone is 6. The number of hydrogen-bond donors (Lipinski definition) is 3. The molecule has 0 bridgehead atoms. The van der Waals surface area contributed by atoms with Crippen molar-refractivity contribution in [3.63, 3.8) is 0 Å². The van der Waals surface area contributed by atoms with E-state index < -0.39 is 0 Å². The topological polar surface area (TPSA) is 62.6 Å². The number of rotatable bonds is 8. The molecule has 4 heterocycles. The number of nitrogens with one attached hydrogen (secondary N) is 2. The van der Waals surface area contributed by atoms with Crippen LogP contribution in [0.1, 0.15) is 104 Å². The average molecular weight is 727 g/mol. The summed E-state index contributed by atoms with van der Waals surface area (Å²) in [5.74, 6) is 1.37. The van der Waals surface area contributed by atoms with E-state index in [1.165, 1.54) is 64.9 Å². The quantitative estimate of drug-likeness (QED) is 0.202. The third-order valence-electron chi connectivity index (χ3n) is 13.5. The molecular weight excluding hydrogens is 673 g/mol. The predicted octanol–water partition coefficient (Wildman–Crippen LogP) is 10.2. The highest BCUT2D eigenvalue weighted by atomic mass is 16.5. The van der Waals surface area contributed by atoms with Crippen molar-refractivity contribution in [3.05, 3.63) is 179 Å². The number of nitrogens with two attached hydrogens (primary N) is 1. The van der Waals surface area contributed by atoms with E-state index in [-0.39, 0.29) is 42.0 Å².